The molecule has 2 aliphatic rings. The highest BCUT2D eigenvalue weighted by molar-refractivity contribution is 5.83. The zero-order chi connectivity index (χ0) is 22.6. The molecule has 2 aliphatic heterocycles. The predicted octanol–water partition coefficient (Wildman–Crippen LogP) is 2.79. The van der Waals surface area contributed by atoms with Crippen LogP contribution in [-0.4, -0.2) is 69.5 Å². The SMILES string of the molecule is Cn1ccnc1CN1C[C@@H](CN2CCCC2)C[C@@H](C(=O)NCCc2c[nH]c3ccccc23)C1. The quantitative estimate of drug-likeness (QED) is 0.556. The Morgan fingerprint density at radius 3 is 2.85 bits per heavy atom. The van der Waals surface area contributed by atoms with Crippen LogP contribution in [0.25, 0.3) is 10.9 Å². The molecule has 2 aromatic heterocycles. The van der Waals surface area contributed by atoms with Crippen molar-refractivity contribution in [3.05, 3.63) is 54.2 Å². The van der Waals surface area contributed by atoms with Crippen LogP contribution in [0, 0.1) is 11.8 Å². The van der Waals surface area contributed by atoms with Gasteiger partial charge in [0.1, 0.15) is 5.82 Å². The average molecular weight is 449 g/mol. The number of aromatic nitrogens is 3. The first-order valence-corrected chi connectivity index (χ1v) is 12.4. The molecule has 0 spiro atoms. The Morgan fingerprint density at radius 1 is 1.18 bits per heavy atom. The van der Waals surface area contributed by atoms with Crippen LogP contribution < -0.4 is 5.32 Å². The van der Waals surface area contributed by atoms with E-state index in [0.29, 0.717) is 12.5 Å². The molecular weight excluding hydrogens is 412 g/mol. The number of imidazole rings is 1. The topological polar surface area (TPSA) is 69.2 Å². The third-order valence-corrected chi connectivity index (χ3v) is 7.35. The lowest BCUT2D eigenvalue weighted by Crippen LogP contribution is -2.48. The number of hydrogen-bond donors (Lipinski definition) is 2. The summed E-state index contributed by atoms with van der Waals surface area (Å²) in [5, 5.41) is 4.49. The second kappa shape index (κ2) is 10.1. The summed E-state index contributed by atoms with van der Waals surface area (Å²) in [5.74, 6) is 1.83. The number of para-hydroxylation sites is 1. The number of rotatable bonds is 8. The number of amides is 1. The zero-order valence-electron chi connectivity index (χ0n) is 19.7. The van der Waals surface area contributed by atoms with Crippen molar-refractivity contribution in [3.8, 4) is 0 Å². The lowest BCUT2D eigenvalue weighted by atomic mass is 9.88. The number of nitrogens with one attached hydrogen (secondary N) is 2. The normalized spacial score (nSPS) is 22.2. The number of fused-ring (bicyclic) bond motifs is 1. The van der Waals surface area contributed by atoms with Crippen LogP contribution >= 0.6 is 0 Å². The largest absolute Gasteiger partial charge is 0.361 e. The molecule has 33 heavy (non-hydrogen) atoms. The van der Waals surface area contributed by atoms with E-state index in [1.165, 1.54) is 36.9 Å². The Kier molecular flexibility index (Phi) is 6.78. The Balaban J connectivity index is 1.20. The number of carbonyl (C=O) groups is 1. The van der Waals surface area contributed by atoms with Crippen LogP contribution in [0.4, 0.5) is 0 Å². The summed E-state index contributed by atoms with van der Waals surface area (Å²) in [6.45, 7) is 6.85. The molecule has 5 rings (SSSR count). The molecule has 1 amide bonds. The molecule has 7 heteroatoms. The number of H-pyrrole nitrogens is 1. The van der Waals surface area contributed by atoms with Gasteiger partial charge in [0.15, 0.2) is 0 Å². The van der Waals surface area contributed by atoms with Gasteiger partial charge in [-0.15, -0.1) is 0 Å². The lowest BCUT2D eigenvalue weighted by Gasteiger charge is -2.38. The fourth-order valence-corrected chi connectivity index (χ4v) is 5.64. The Bertz CT molecular complexity index is 1070. The van der Waals surface area contributed by atoms with Crippen molar-refractivity contribution in [2.45, 2.75) is 32.2 Å². The summed E-state index contributed by atoms with van der Waals surface area (Å²) in [5.41, 5.74) is 2.42. The van der Waals surface area contributed by atoms with Crippen molar-refractivity contribution >= 4 is 16.8 Å². The third kappa shape index (κ3) is 5.31. The van der Waals surface area contributed by atoms with E-state index >= 15 is 0 Å². The van der Waals surface area contributed by atoms with E-state index in [1.54, 1.807) is 0 Å². The van der Waals surface area contributed by atoms with Crippen LogP contribution in [0.1, 0.15) is 30.7 Å². The van der Waals surface area contributed by atoms with Crippen LogP contribution in [0.2, 0.25) is 0 Å². The Hall–Kier alpha value is -2.64. The van der Waals surface area contributed by atoms with E-state index in [-0.39, 0.29) is 11.8 Å². The van der Waals surface area contributed by atoms with Gasteiger partial charge in [0.05, 0.1) is 12.5 Å². The van der Waals surface area contributed by atoms with E-state index in [2.05, 4.69) is 54.0 Å². The molecule has 3 aromatic rings. The van der Waals surface area contributed by atoms with Crippen molar-refractivity contribution in [1.82, 2.24) is 29.7 Å². The minimum absolute atomic E-state index is 0.0367. The minimum Gasteiger partial charge on any atom is -0.361 e. The van der Waals surface area contributed by atoms with Crippen LogP contribution in [-0.2, 0) is 24.8 Å². The number of carbonyl (C=O) groups excluding carboxylic acids is 1. The minimum atomic E-state index is 0.0367. The maximum atomic E-state index is 13.2. The number of likely N-dealkylation sites (tertiary alicyclic amines) is 2. The van der Waals surface area contributed by atoms with Gasteiger partial charge in [-0.1, -0.05) is 18.2 Å². The molecule has 0 saturated carbocycles. The predicted molar refractivity (Wildman–Crippen MR) is 131 cm³/mol. The smallest absolute Gasteiger partial charge is 0.224 e. The molecule has 2 N–H and O–H groups in total. The van der Waals surface area contributed by atoms with Gasteiger partial charge in [0.25, 0.3) is 0 Å². The Morgan fingerprint density at radius 2 is 2.03 bits per heavy atom. The van der Waals surface area contributed by atoms with E-state index in [1.807, 2.05) is 25.5 Å². The van der Waals surface area contributed by atoms with E-state index < -0.39 is 0 Å². The number of aromatic amines is 1. The molecule has 0 aliphatic carbocycles. The molecule has 1 aromatic carbocycles. The molecule has 176 valence electrons. The molecule has 2 saturated heterocycles. The lowest BCUT2D eigenvalue weighted by molar-refractivity contribution is -0.127. The van der Waals surface area contributed by atoms with Gasteiger partial charge in [-0.25, -0.2) is 4.98 Å². The third-order valence-electron chi connectivity index (χ3n) is 7.35. The summed E-state index contributed by atoms with van der Waals surface area (Å²) >= 11 is 0. The zero-order valence-corrected chi connectivity index (χ0v) is 19.7. The summed E-state index contributed by atoms with van der Waals surface area (Å²) in [7, 11) is 2.04. The number of hydrogen-bond acceptors (Lipinski definition) is 4. The van der Waals surface area contributed by atoms with Crippen LogP contribution in [0.3, 0.4) is 0 Å². The van der Waals surface area contributed by atoms with Gasteiger partial charge in [-0.2, -0.15) is 0 Å². The van der Waals surface area contributed by atoms with E-state index in [4.69, 9.17) is 0 Å². The first kappa shape index (κ1) is 22.2. The van der Waals surface area contributed by atoms with Crippen molar-refractivity contribution in [3.63, 3.8) is 0 Å². The van der Waals surface area contributed by atoms with Crippen LogP contribution in [0.15, 0.2) is 42.9 Å². The number of nitrogens with zero attached hydrogens (tertiary/aromatic N) is 4. The maximum absolute atomic E-state index is 13.2. The summed E-state index contributed by atoms with van der Waals surface area (Å²) in [4.78, 5) is 26.1. The summed E-state index contributed by atoms with van der Waals surface area (Å²) in [6.07, 6.45) is 10.4. The monoisotopic (exact) mass is 448 g/mol. The highest BCUT2D eigenvalue weighted by Crippen LogP contribution is 2.26. The maximum Gasteiger partial charge on any atom is 0.224 e. The second-order valence-electron chi connectivity index (χ2n) is 9.86. The molecule has 7 nitrogen and oxygen atoms in total. The fraction of sp³-hybridized carbons (Fsp3) is 0.538. The highest BCUT2D eigenvalue weighted by Gasteiger charge is 2.33. The number of piperidine rings is 1. The molecule has 2 atom stereocenters. The molecular formula is C26H36N6O. The van der Waals surface area contributed by atoms with Crippen LogP contribution in [0.5, 0.6) is 0 Å². The van der Waals surface area contributed by atoms with Crippen molar-refractivity contribution in [1.29, 1.82) is 0 Å². The molecule has 0 radical (unpaired) electrons. The van der Waals surface area contributed by atoms with Crippen molar-refractivity contribution < 1.29 is 4.79 Å². The Labute approximate surface area is 196 Å². The first-order valence-electron chi connectivity index (χ1n) is 12.4. The van der Waals surface area contributed by atoms with Gasteiger partial charge in [-0.05, 0) is 56.3 Å². The number of aryl methyl sites for hydroxylation is 1. The van der Waals surface area contributed by atoms with E-state index in [0.717, 1.165) is 50.4 Å². The highest BCUT2D eigenvalue weighted by atomic mass is 16.1. The summed E-state index contributed by atoms with van der Waals surface area (Å²) < 4.78 is 2.08. The molecule has 4 heterocycles. The first-order chi connectivity index (χ1) is 16.2. The van der Waals surface area contributed by atoms with Crippen molar-refractivity contribution in [2.24, 2.45) is 18.9 Å². The number of benzene rings is 1. The molecule has 2 fully saturated rings. The average Bonchev–Trinajstić information content (AvgIpc) is 3.57. The van der Waals surface area contributed by atoms with Gasteiger partial charge < -0.3 is 19.8 Å². The van der Waals surface area contributed by atoms with Gasteiger partial charge >= 0.3 is 0 Å². The second-order valence-corrected chi connectivity index (χ2v) is 9.86. The van der Waals surface area contributed by atoms with Gasteiger partial charge in [0, 0.05) is 62.7 Å². The van der Waals surface area contributed by atoms with Gasteiger partial charge in [-0.3, -0.25) is 9.69 Å². The van der Waals surface area contributed by atoms with E-state index in [9.17, 15) is 4.79 Å². The molecule has 0 unspecified atom stereocenters. The molecule has 0 bridgehead atoms. The van der Waals surface area contributed by atoms with Gasteiger partial charge in [0.2, 0.25) is 5.91 Å². The standard InChI is InChI=1S/C26H36N6O/c1-30-13-10-27-25(30)19-32-17-20(16-31-11-4-5-12-31)14-22(18-32)26(33)28-9-8-21-15-29-24-7-3-2-6-23(21)24/h2-3,6-7,10,13,15,20,22,29H,4-5,8-9,11-12,14,16-19H2,1H3,(H,28,33)/t20-,22-/m1/s1. The fourth-order valence-electron chi connectivity index (χ4n) is 5.64. The summed E-state index contributed by atoms with van der Waals surface area (Å²) in [6, 6.07) is 8.35. The van der Waals surface area contributed by atoms with Crippen molar-refractivity contribution in [2.75, 3.05) is 39.3 Å².